The zero-order valence-electron chi connectivity index (χ0n) is 8.44. The SMILES string of the molecule is CC(CO)N(C)c1ncccc1CCl. The van der Waals surface area contributed by atoms with Crippen LogP contribution in [0.15, 0.2) is 18.3 Å². The Morgan fingerprint density at radius 3 is 2.93 bits per heavy atom. The number of alkyl halides is 1. The molecular weight excluding hydrogens is 200 g/mol. The van der Waals surface area contributed by atoms with Gasteiger partial charge < -0.3 is 10.0 Å². The molecule has 14 heavy (non-hydrogen) atoms. The molecule has 0 aliphatic carbocycles. The number of aromatic nitrogens is 1. The third-order valence-electron chi connectivity index (χ3n) is 2.27. The first-order valence-corrected chi connectivity index (χ1v) is 5.07. The minimum absolute atomic E-state index is 0.0480. The molecule has 1 aromatic rings. The van der Waals surface area contributed by atoms with Gasteiger partial charge in [-0.3, -0.25) is 0 Å². The van der Waals surface area contributed by atoms with Gasteiger partial charge in [-0.2, -0.15) is 0 Å². The predicted octanol–water partition coefficient (Wildman–Crippen LogP) is 1.64. The lowest BCUT2D eigenvalue weighted by Gasteiger charge is -2.25. The van der Waals surface area contributed by atoms with Crippen LogP contribution in [-0.4, -0.2) is 29.8 Å². The van der Waals surface area contributed by atoms with E-state index in [0.717, 1.165) is 11.4 Å². The van der Waals surface area contributed by atoms with Crippen molar-refractivity contribution in [3.05, 3.63) is 23.9 Å². The molecule has 0 aliphatic rings. The van der Waals surface area contributed by atoms with Gasteiger partial charge in [-0.15, -0.1) is 11.6 Å². The van der Waals surface area contributed by atoms with Crippen molar-refractivity contribution in [1.82, 2.24) is 4.98 Å². The Labute approximate surface area is 89.3 Å². The maximum Gasteiger partial charge on any atom is 0.132 e. The first-order chi connectivity index (χ1) is 6.70. The van der Waals surface area contributed by atoms with E-state index in [0.29, 0.717) is 5.88 Å². The van der Waals surface area contributed by atoms with E-state index in [4.69, 9.17) is 16.7 Å². The van der Waals surface area contributed by atoms with Crippen molar-refractivity contribution >= 4 is 17.4 Å². The quantitative estimate of drug-likeness (QED) is 0.775. The van der Waals surface area contributed by atoms with E-state index in [1.165, 1.54) is 0 Å². The number of nitrogens with zero attached hydrogens (tertiary/aromatic N) is 2. The molecule has 0 amide bonds. The Balaban J connectivity index is 2.93. The Morgan fingerprint density at radius 2 is 2.36 bits per heavy atom. The summed E-state index contributed by atoms with van der Waals surface area (Å²) < 4.78 is 0. The van der Waals surface area contributed by atoms with Crippen LogP contribution >= 0.6 is 11.6 Å². The molecule has 0 fully saturated rings. The van der Waals surface area contributed by atoms with Gasteiger partial charge in [0.1, 0.15) is 5.82 Å². The van der Waals surface area contributed by atoms with Gasteiger partial charge in [-0.1, -0.05) is 6.07 Å². The number of hydrogen-bond donors (Lipinski definition) is 1. The van der Waals surface area contributed by atoms with Crippen LogP contribution in [0.5, 0.6) is 0 Å². The number of aliphatic hydroxyl groups is 1. The number of rotatable bonds is 4. The van der Waals surface area contributed by atoms with Crippen LogP contribution in [0.25, 0.3) is 0 Å². The maximum absolute atomic E-state index is 9.03. The summed E-state index contributed by atoms with van der Waals surface area (Å²) in [6.07, 6.45) is 1.73. The molecular formula is C10H15ClN2O. The van der Waals surface area contributed by atoms with Crippen LogP contribution in [0.3, 0.4) is 0 Å². The van der Waals surface area contributed by atoms with Gasteiger partial charge in [0.05, 0.1) is 18.5 Å². The molecule has 0 aliphatic heterocycles. The normalized spacial score (nSPS) is 12.6. The van der Waals surface area contributed by atoms with Crippen molar-refractivity contribution in [3.8, 4) is 0 Å². The molecule has 0 saturated heterocycles. The van der Waals surface area contributed by atoms with E-state index in [2.05, 4.69) is 4.98 Å². The number of likely N-dealkylation sites (N-methyl/N-ethyl adjacent to an activating group) is 1. The summed E-state index contributed by atoms with van der Waals surface area (Å²) in [5.74, 6) is 1.27. The molecule has 0 aromatic carbocycles. The highest BCUT2D eigenvalue weighted by molar-refractivity contribution is 6.17. The fourth-order valence-electron chi connectivity index (χ4n) is 1.18. The first-order valence-electron chi connectivity index (χ1n) is 4.54. The van der Waals surface area contributed by atoms with Crippen LogP contribution in [0.4, 0.5) is 5.82 Å². The van der Waals surface area contributed by atoms with E-state index in [9.17, 15) is 0 Å². The van der Waals surface area contributed by atoms with E-state index in [1.54, 1.807) is 6.20 Å². The summed E-state index contributed by atoms with van der Waals surface area (Å²) in [4.78, 5) is 6.18. The van der Waals surface area contributed by atoms with Gasteiger partial charge in [0, 0.05) is 18.8 Å². The molecule has 0 bridgehead atoms. The summed E-state index contributed by atoms with van der Waals surface area (Å²) in [7, 11) is 1.90. The average Bonchev–Trinajstić information content (AvgIpc) is 2.26. The van der Waals surface area contributed by atoms with Crippen LogP contribution in [-0.2, 0) is 5.88 Å². The van der Waals surface area contributed by atoms with Gasteiger partial charge in [0.25, 0.3) is 0 Å². The molecule has 1 N–H and O–H groups in total. The number of anilines is 1. The zero-order chi connectivity index (χ0) is 10.6. The first kappa shape index (κ1) is 11.3. The standard InChI is InChI=1S/C10H15ClN2O/c1-8(7-14)13(2)10-9(6-11)4-3-5-12-10/h3-5,8,14H,6-7H2,1-2H3. The molecule has 4 heteroatoms. The van der Waals surface area contributed by atoms with Crippen molar-refractivity contribution in [1.29, 1.82) is 0 Å². The second-order valence-corrected chi connectivity index (χ2v) is 3.53. The van der Waals surface area contributed by atoms with Crippen molar-refractivity contribution in [2.75, 3.05) is 18.6 Å². The van der Waals surface area contributed by atoms with Gasteiger partial charge in [-0.05, 0) is 13.0 Å². The van der Waals surface area contributed by atoms with Crippen molar-refractivity contribution in [2.24, 2.45) is 0 Å². The minimum atomic E-state index is 0.0480. The number of halogens is 1. The molecule has 0 radical (unpaired) electrons. The van der Waals surface area contributed by atoms with Crippen LogP contribution in [0, 0.1) is 0 Å². The highest BCUT2D eigenvalue weighted by Gasteiger charge is 2.12. The second-order valence-electron chi connectivity index (χ2n) is 3.26. The van der Waals surface area contributed by atoms with E-state index >= 15 is 0 Å². The van der Waals surface area contributed by atoms with E-state index in [-0.39, 0.29) is 12.6 Å². The monoisotopic (exact) mass is 214 g/mol. The van der Waals surface area contributed by atoms with Crippen molar-refractivity contribution < 1.29 is 5.11 Å². The third-order valence-corrected chi connectivity index (χ3v) is 2.56. The molecule has 1 atom stereocenters. The number of pyridine rings is 1. The van der Waals surface area contributed by atoms with Crippen molar-refractivity contribution in [3.63, 3.8) is 0 Å². The van der Waals surface area contributed by atoms with Gasteiger partial charge in [0.15, 0.2) is 0 Å². The maximum atomic E-state index is 9.03. The van der Waals surface area contributed by atoms with E-state index in [1.807, 2.05) is 31.0 Å². The molecule has 3 nitrogen and oxygen atoms in total. The van der Waals surface area contributed by atoms with Gasteiger partial charge in [-0.25, -0.2) is 4.98 Å². The lowest BCUT2D eigenvalue weighted by molar-refractivity contribution is 0.269. The largest absolute Gasteiger partial charge is 0.394 e. The highest BCUT2D eigenvalue weighted by Crippen LogP contribution is 2.19. The Bertz CT molecular complexity index is 293. The topological polar surface area (TPSA) is 36.4 Å². The number of hydrogen-bond acceptors (Lipinski definition) is 3. The van der Waals surface area contributed by atoms with Crippen LogP contribution < -0.4 is 4.90 Å². The third kappa shape index (κ3) is 2.36. The smallest absolute Gasteiger partial charge is 0.132 e. The molecule has 1 aromatic heterocycles. The second kappa shape index (κ2) is 5.17. The van der Waals surface area contributed by atoms with E-state index < -0.39 is 0 Å². The van der Waals surface area contributed by atoms with Gasteiger partial charge in [0.2, 0.25) is 0 Å². The summed E-state index contributed by atoms with van der Waals surface area (Å²) in [6, 6.07) is 3.85. The fraction of sp³-hybridized carbons (Fsp3) is 0.500. The summed E-state index contributed by atoms with van der Waals surface area (Å²) in [5, 5.41) is 9.03. The fourth-order valence-corrected chi connectivity index (χ4v) is 1.39. The van der Waals surface area contributed by atoms with Crippen LogP contribution in [0.2, 0.25) is 0 Å². The number of aliphatic hydroxyl groups excluding tert-OH is 1. The summed E-state index contributed by atoms with van der Waals surface area (Å²) >= 11 is 5.79. The molecule has 1 heterocycles. The highest BCUT2D eigenvalue weighted by atomic mass is 35.5. The lowest BCUT2D eigenvalue weighted by atomic mass is 10.2. The molecule has 78 valence electrons. The Kier molecular flexibility index (Phi) is 4.17. The predicted molar refractivity (Wildman–Crippen MR) is 58.7 cm³/mol. The minimum Gasteiger partial charge on any atom is -0.394 e. The Hall–Kier alpha value is -0.800. The lowest BCUT2D eigenvalue weighted by Crippen LogP contribution is -2.33. The molecule has 0 spiro atoms. The van der Waals surface area contributed by atoms with Crippen LogP contribution in [0.1, 0.15) is 12.5 Å². The Morgan fingerprint density at radius 1 is 1.64 bits per heavy atom. The van der Waals surface area contributed by atoms with Gasteiger partial charge >= 0.3 is 0 Å². The van der Waals surface area contributed by atoms with Crippen molar-refractivity contribution in [2.45, 2.75) is 18.8 Å². The summed E-state index contributed by atoms with van der Waals surface area (Å²) in [5.41, 5.74) is 0.983. The molecule has 0 saturated carbocycles. The molecule has 1 rings (SSSR count). The zero-order valence-corrected chi connectivity index (χ0v) is 9.20. The summed E-state index contributed by atoms with van der Waals surface area (Å²) in [6.45, 7) is 2.04. The average molecular weight is 215 g/mol. The molecule has 1 unspecified atom stereocenters.